The highest BCUT2D eigenvalue weighted by Gasteiger charge is 2.16. The van der Waals surface area contributed by atoms with Gasteiger partial charge < -0.3 is 11.1 Å². The summed E-state index contributed by atoms with van der Waals surface area (Å²) in [4.78, 5) is 12.5. The minimum Gasteiger partial charge on any atom is -0.329 e. The summed E-state index contributed by atoms with van der Waals surface area (Å²) in [6.45, 7) is 0.377. The van der Waals surface area contributed by atoms with Crippen LogP contribution in [0, 0.1) is 0 Å². The van der Waals surface area contributed by atoms with Crippen molar-refractivity contribution in [2.24, 2.45) is 5.73 Å². The first kappa shape index (κ1) is 17.6. The lowest BCUT2D eigenvalue weighted by molar-refractivity contribution is 0.102. The number of rotatable bonds is 6. The van der Waals surface area contributed by atoms with Crippen LogP contribution in [0.2, 0.25) is 0 Å². The predicted octanol–water partition coefficient (Wildman–Crippen LogP) is 1.66. The molecule has 0 saturated carbocycles. The maximum atomic E-state index is 12.5. The molecule has 0 saturated heterocycles. The number of anilines is 1. The van der Waals surface area contributed by atoms with E-state index in [-0.39, 0.29) is 23.9 Å². The van der Waals surface area contributed by atoms with Crippen molar-refractivity contribution in [1.29, 1.82) is 0 Å². The topological polar surface area (TPSA) is 101 Å². The number of fused-ring (bicyclic) bond motifs is 1. The third-order valence-corrected chi connectivity index (χ3v) is 5.66. The zero-order valence-corrected chi connectivity index (χ0v) is 14.6. The van der Waals surface area contributed by atoms with Crippen LogP contribution in [0.15, 0.2) is 47.4 Å². The van der Waals surface area contributed by atoms with Crippen LogP contribution in [0.3, 0.4) is 0 Å². The predicted molar refractivity (Wildman–Crippen MR) is 97.1 cm³/mol. The smallest absolute Gasteiger partial charge is 0.255 e. The fraction of sp³-hybridized carbons (Fsp3) is 0.278. The Morgan fingerprint density at radius 3 is 2.68 bits per heavy atom. The number of nitrogens with one attached hydrogen (secondary N) is 2. The van der Waals surface area contributed by atoms with Gasteiger partial charge in [-0.25, -0.2) is 13.1 Å². The summed E-state index contributed by atoms with van der Waals surface area (Å²) in [5, 5.41) is 2.76. The van der Waals surface area contributed by atoms with Crippen LogP contribution in [0.25, 0.3) is 0 Å². The average Bonchev–Trinajstić information content (AvgIpc) is 3.08. The normalized spacial score (nSPS) is 13.5. The molecule has 0 aromatic heterocycles. The Morgan fingerprint density at radius 2 is 1.88 bits per heavy atom. The van der Waals surface area contributed by atoms with Gasteiger partial charge in [0.1, 0.15) is 0 Å². The number of carbonyl (C=O) groups excluding carboxylic acids is 1. The molecule has 1 amide bonds. The van der Waals surface area contributed by atoms with Gasteiger partial charge in [-0.05, 0) is 60.7 Å². The highest BCUT2D eigenvalue weighted by atomic mass is 32.2. The number of sulfonamides is 1. The van der Waals surface area contributed by atoms with E-state index in [2.05, 4.69) is 10.0 Å². The molecule has 0 fully saturated rings. The Bertz CT molecular complexity index is 894. The summed E-state index contributed by atoms with van der Waals surface area (Å²) in [6.07, 6.45) is 3.18. The van der Waals surface area contributed by atoms with Crippen LogP contribution in [0.1, 0.15) is 27.9 Å². The molecule has 0 heterocycles. The minimum atomic E-state index is -3.63. The fourth-order valence-corrected chi connectivity index (χ4v) is 4.03. The van der Waals surface area contributed by atoms with Gasteiger partial charge in [0.25, 0.3) is 5.91 Å². The third-order valence-electron chi connectivity index (χ3n) is 4.20. The molecule has 0 aliphatic heterocycles. The molecule has 1 aliphatic rings. The summed E-state index contributed by atoms with van der Waals surface area (Å²) in [5.41, 5.74) is 8.86. The standard InChI is InChI=1S/C18H21N3O3S/c19-9-10-20-25(23,24)17-6-2-5-16(12-17)21-18(22)15-8-7-13-3-1-4-14(13)11-15/h2,5-8,11-12,20H,1,3-4,9-10,19H2,(H,21,22). The first-order chi connectivity index (χ1) is 12.0. The van der Waals surface area contributed by atoms with E-state index in [1.54, 1.807) is 12.1 Å². The van der Waals surface area contributed by atoms with Crippen LogP contribution < -0.4 is 15.8 Å². The van der Waals surface area contributed by atoms with Crippen LogP contribution in [0.4, 0.5) is 5.69 Å². The van der Waals surface area contributed by atoms with E-state index in [1.165, 1.54) is 23.3 Å². The van der Waals surface area contributed by atoms with E-state index in [0.717, 1.165) is 19.3 Å². The molecule has 7 heteroatoms. The third kappa shape index (κ3) is 4.07. The summed E-state index contributed by atoms with van der Waals surface area (Å²) >= 11 is 0. The van der Waals surface area contributed by atoms with Crippen molar-refractivity contribution >= 4 is 21.6 Å². The SMILES string of the molecule is NCCNS(=O)(=O)c1cccc(NC(=O)c2ccc3c(c2)CCC3)c1. The summed E-state index contributed by atoms with van der Waals surface area (Å²) < 4.78 is 26.7. The molecule has 0 radical (unpaired) electrons. The highest BCUT2D eigenvalue weighted by molar-refractivity contribution is 7.89. The molecule has 132 valence electrons. The lowest BCUT2D eigenvalue weighted by Gasteiger charge is -2.10. The summed E-state index contributed by atoms with van der Waals surface area (Å²) in [5.74, 6) is -0.251. The van der Waals surface area contributed by atoms with E-state index in [0.29, 0.717) is 11.3 Å². The van der Waals surface area contributed by atoms with Gasteiger partial charge in [0, 0.05) is 24.3 Å². The van der Waals surface area contributed by atoms with Crippen LogP contribution in [0.5, 0.6) is 0 Å². The van der Waals surface area contributed by atoms with Crippen molar-refractivity contribution in [1.82, 2.24) is 4.72 Å². The lowest BCUT2D eigenvalue weighted by atomic mass is 10.1. The Balaban J connectivity index is 1.77. The maximum absolute atomic E-state index is 12.5. The Kier molecular flexibility index (Phi) is 5.17. The Labute approximate surface area is 147 Å². The average molecular weight is 359 g/mol. The minimum absolute atomic E-state index is 0.0905. The number of amides is 1. The maximum Gasteiger partial charge on any atom is 0.255 e. The second-order valence-corrected chi connectivity index (χ2v) is 7.77. The first-order valence-electron chi connectivity index (χ1n) is 8.22. The molecule has 4 N–H and O–H groups in total. The van der Waals surface area contributed by atoms with E-state index in [1.807, 2.05) is 18.2 Å². The second-order valence-electron chi connectivity index (χ2n) is 6.01. The quantitative estimate of drug-likeness (QED) is 0.730. The number of hydrogen-bond acceptors (Lipinski definition) is 4. The highest BCUT2D eigenvalue weighted by Crippen LogP contribution is 2.23. The monoisotopic (exact) mass is 359 g/mol. The molecule has 3 rings (SSSR count). The molecule has 1 aliphatic carbocycles. The van der Waals surface area contributed by atoms with Crippen molar-refractivity contribution in [3.63, 3.8) is 0 Å². The van der Waals surface area contributed by atoms with E-state index in [4.69, 9.17) is 5.73 Å². The van der Waals surface area contributed by atoms with Gasteiger partial charge in [-0.1, -0.05) is 12.1 Å². The molecule has 6 nitrogen and oxygen atoms in total. The lowest BCUT2D eigenvalue weighted by Crippen LogP contribution is -2.29. The van der Waals surface area contributed by atoms with Crippen molar-refractivity contribution in [2.45, 2.75) is 24.2 Å². The number of benzene rings is 2. The van der Waals surface area contributed by atoms with E-state index in [9.17, 15) is 13.2 Å². The molecule has 0 bridgehead atoms. The molecule has 0 unspecified atom stereocenters. The Morgan fingerprint density at radius 1 is 1.08 bits per heavy atom. The van der Waals surface area contributed by atoms with Gasteiger partial charge in [0.2, 0.25) is 10.0 Å². The number of carbonyl (C=O) groups is 1. The zero-order chi connectivity index (χ0) is 17.9. The van der Waals surface area contributed by atoms with Gasteiger partial charge in [0.15, 0.2) is 0 Å². The second kappa shape index (κ2) is 7.35. The van der Waals surface area contributed by atoms with Gasteiger partial charge in [-0.15, -0.1) is 0 Å². The van der Waals surface area contributed by atoms with Crippen molar-refractivity contribution in [3.8, 4) is 0 Å². The van der Waals surface area contributed by atoms with Crippen LogP contribution >= 0.6 is 0 Å². The number of aryl methyl sites for hydroxylation is 2. The fourth-order valence-electron chi connectivity index (χ4n) is 2.93. The van der Waals surface area contributed by atoms with Gasteiger partial charge in [-0.2, -0.15) is 0 Å². The molecular formula is C18H21N3O3S. The van der Waals surface area contributed by atoms with Gasteiger partial charge in [-0.3, -0.25) is 4.79 Å². The molecule has 0 atom stereocenters. The van der Waals surface area contributed by atoms with Gasteiger partial charge >= 0.3 is 0 Å². The van der Waals surface area contributed by atoms with Gasteiger partial charge in [0.05, 0.1) is 4.90 Å². The summed E-state index contributed by atoms with van der Waals surface area (Å²) in [7, 11) is -3.63. The number of hydrogen-bond donors (Lipinski definition) is 3. The molecular weight excluding hydrogens is 338 g/mol. The van der Waals surface area contributed by atoms with Crippen molar-refractivity contribution < 1.29 is 13.2 Å². The molecule has 2 aromatic carbocycles. The zero-order valence-electron chi connectivity index (χ0n) is 13.8. The van der Waals surface area contributed by atoms with Crippen molar-refractivity contribution in [3.05, 3.63) is 59.2 Å². The van der Waals surface area contributed by atoms with Crippen LogP contribution in [-0.2, 0) is 22.9 Å². The molecule has 2 aromatic rings. The largest absolute Gasteiger partial charge is 0.329 e. The number of nitrogens with two attached hydrogens (primary N) is 1. The first-order valence-corrected chi connectivity index (χ1v) is 9.71. The molecule has 25 heavy (non-hydrogen) atoms. The summed E-state index contributed by atoms with van der Waals surface area (Å²) in [6, 6.07) is 11.9. The van der Waals surface area contributed by atoms with Crippen LogP contribution in [-0.4, -0.2) is 27.4 Å². The van der Waals surface area contributed by atoms with E-state index < -0.39 is 10.0 Å². The van der Waals surface area contributed by atoms with E-state index >= 15 is 0 Å². The van der Waals surface area contributed by atoms with Crippen molar-refractivity contribution in [2.75, 3.05) is 18.4 Å². The molecule has 0 spiro atoms. The Hall–Kier alpha value is -2.22.